The van der Waals surface area contributed by atoms with Gasteiger partial charge in [-0.1, -0.05) is 18.2 Å². The van der Waals surface area contributed by atoms with E-state index in [-0.39, 0.29) is 11.8 Å². The molecule has 1 saturated heterocycles. The minimum atomic E-state index is -5.08. The van der Waals surface area contributed by atoms with Gasteiger partial charge in [0.1, 0.15) is 17.0 Å². The summed E-state index contributed by atoms with van der Waals surface area (Å²) in [5.41, 5.74) is 0.329. The first-order chi connectivity index (χ1) is 12.3. The molecule has 1 aromatic carbocycles. The summed E-state index contributed by atoms with van der Waals surface area (Å²) >= 11 is 0. The lowest BCUT2D eigenvalue weighted by molar-refractivity contribution is -0.192. The number of carbonyl (C=O) groups is 2. The van der Waals surface area contributed by atoms with Crippen LogP contribution >= 0.6 is 0 Å². The summed E-state index contributed by atoms with van der Waals surface area (Å²) in [6, 6.07) is 7.85. The van der Waals surface area contributed by atoms with Crippen molar-refractivity contribution in [1.29, 1.82) is 0 Å². The van der Waals surface area contributed by atoms with E-state index in [0.29, 0.717) is 6.67 Å². The van der Waals surface area contributed by atoms with Crippen LogP contribution in [0.25, 0.3) is 0 Å². The van der Waals surface area contributed by atoms with E-state index < -0.39 is 17.7 Å². The highest BCUT2D eigenvalue weighted by Gasteiger charge is 2.55. The van der Waals surface area contributed by atoms with Crippen molar-refractivity contribution < 1.29 is 32.6 Å². The van der Waals surface area contributed by atoms with E-state index in [1.807, 2.05) is 24.3 Å². The quantitative estimate of drug-likeness (QED) is 0.652. The smallest absolute Gasteiger partial charge is 0.475 e. The number of hydrogen-bond acceptors (Lipinski definition) is 4. The van der Waals surface area contributed by atoms with E-state index in [2.05, 4.69) is 16.7 Å². The SMILES string of the molecule is O=C(O)C(F)(F)F.O=C1NCNC12c1ccccc1OC1=CCCCC12. The molecule has 1 fully saturated rings. The lowest BCUT2D eigenvalue weighted by Gasteiger charge is -2.43. The predicted octanol–water partition coefficient (Wildman–Crippen LogP) is 2.27. The largest absolute Gasteiger partial charge is 0.490 e. The van der Waals surface area contributed by atoms with Crippen molar-refractivity contribution in [3.8, 4) is 5.75 Å². The van der Waals surface area contributed by atoms with Gasteiger partial charge in [0.05, 0.1) is 6.67 Å². The fourth-order valence-corrected chi connectivity index (χ4v) is 3.57. The second-order valence-corrected chi connectivity index (χ2v) is 6.16. The molecule has 0 aromatic heterocycles. The second-order valence-electron chi connectivity index (χ2n) is 6.16. The summed E-state index contributed by atoms with van der Waals surface area (Å²) in [7, 11) is 0. The Morgan fingerprint density at radius 3 is 2.62 bits per heavy atom. The molecule has 4 rings (SSSR count). The number of hydrogen-bond donors (Lipinski definition) is 3. The minimum absolute atomic E-state index is 0.0704. The van der Waals surface area contributed by atoms with Crippen molar-refractivity contribution >= 4 is 11.9 Å². The number of amides is 1. The highest BCUT2D eigenvalue weighted by molar-refractivity contribution is 5.91. The van der Waals surface area contributed by atoms with Crippen LogP contribution in [0, 0.1) is 5.92 Å². The maximum absolute atomic E-state index is 12.5. The molecule has 1 aromatic rings. The summed E-state index contributed by atoms with van der Waals surface area (Å²) in [5.74, 6) is -0.821. The van der Waals surface area contributed by atoms with Gasteiger partial charge < -0.3 is 15.2 Å². The second kappa shape index (κ2) is 6.64. The molecular formula is C17H17F3N2O4. The molecule has 0 radical (unpaired) electrons. The van der Waals surface area contributed by atoms with Crippen molar-refractivity contribution in [2.24, 2.45) is 5.92 Å². The van der Waals surface area contributed by atoms with Gasteiger partial charge in [-0.05, 0) is 31.4 Å². The predicted molar refractivity (Wildman–Crippen MR) is 84.0 cm³/mol. The number of carboxylic acid groups (broad SMARTS) is 1. The summed E-state index contributed by atoms with van der Waals surface area (Å²) in [4.78, 5) is 21.4. The Bertz CT molecular complexity index is 763. The van der Waals surface area contributed by atoms with Gasteiger partial charge in [-0.25, -0.2) is 4.79 Å². The van der Waals surface area contributed by atoms with E-state index in [1.165, 1.54) is 0 Å². The van der Waals surface area contributed by atoms with Crippen LogP contribution in [0.15, 0.2) is 36.1 Å². The number of fused-ring (bicyclic) bond motifs is 4. The van der Waals surface area contributed by atoms with E-state index in [1.54, 1.807) is 0 Å². The number of halogens is 3. The first-order valence-electron chi connectivity index (χ1n) is 8.07. The van der Waals surface area contributed by atoms with Crippen LogP contribution in [0.3, 0.4) is 0 Å². The zero-order chi connectivity index (χ0) is 18.9. The number of rotatable bonds is 0. The Labute approximate surface area is 147 Å². The average Bonchev–Trinajstić information content (AvgIpc) is 2.97. The first-order valence-corrected chi connectivity index (χ1v) is 8.07. The number of para-hydroxylation sites is 1. The molecule has 2 heterocycles. The molecule has 2 aliphatic heterocycles. The summed E-state index contributed by atoms with van der Waals surface area (Å²) < 4.78 is 37.7. The molecule has 0 bridgehead atoms. The average molecular weight is 370 g/mol. The summed E-state index contributed by atoms with van der Waals surface area (Å²) in [5, 5.41) is 13.4. The Kier molecular flexibility index (Phi) is 4.66. The number of nitrogens with one attached hydrogen (secondary N) is 2. The Balaban J connectivity index is 0.000000242. The zero-order valence-electron chi connectivity index (χ0n) is 13.6. The molecule has 2 unspecified atom stereocenters. The molecule has 2 atom stereocenters. The Morgan fingerprint density at radius 1 is 1.31 bits per heavy atom. The lowest BCUT2D eigenvalue weighted by Crippen LogP contribution is -2.53. The van der Waals surface area contributed by atoms with Crippen LogP contribution < -0.4 is 15.4 Å². The van der Waals surface area contributed by atoms with Crippen LogP contribution in [0.1, 0.15) is 24.8 Å². The maximum atomic E-state index is 12.5. The van der Waals surface area contributed by atoms with Crippen molar-refractivity contribution in [3.63, 3.8) is 0 Å². The van der Waals surface area contributed by atoms with E-state index in [9.17, 15) is 18.0 Å². The number of ether oxygens (including phenoxy) is 1. The molecule has 26 heavy (non-hydrogen) atoms. The van der Waals surface area contributed by atoms with E-state index >= 15 is 0 Å². The lowest BCUT2D eigenvalue weighted by atomic mass is 9.71. The number of alkyl halides is 3. The summed E-state index contributed by atoms with van der Waals surface area (Å²) in [6.45, 7) is 0.525. The monoisotopic (exact) mass is 370 g/mol. The molecule has 1 amide bonds. The normalized spacial score (nSPS) is 26.5. The molecule has 0 saturated carbocycles. The minimum Gasteiger partial charge on any atom is -0.475 e. The molecule has 1 aliphatic carbocycles. The van der Waals surface area contributed by atoms with Gasteiger partial charge in [0.15, 0.2) is 0 Å². The van der Waals surface area contributed by atoms with Gasteiger partial charge in [-0.15, -0.1) is 0 Å². The van der Waals surface area contributed by atoms with Crippen LogP contribution in [-0.2, 0) is 15.1 Å². The Morgan fingerprint density at radius 2 is 2.00 bits per heavy atom. The first kappa shape index (κ1) is 18.2. The number of allylic oxidation sites excluding steroid dienone is 1. The number of carbonyl (C=O) groups excluding carboxylic acids is 1. The van der Waals surface area contributed by atoms with Crippen LogP contribution in [0.5, 0.6) is 5.75 Å². The highest BCUT2D eigenvalue weighted by Crippen LogP contribution is 2.49. The van der Waals surface area contributed by atoms with Crippen molar-refractivity contribution in [1.82, 2.24) is 10.6 Å². The fourth-order valence-electron chi connectivity index (χ4n) is 3.57. The third kappa shape index (κ3) is 3.03. The molecule has 1 spiro atoms. The highest BCUT2D eigenvalue weighted by atomic mass is 19.4. The van der Waals surface area contributed by atoms with Crippen LogP contribution in [0.4, 0.5) is 13.2 Å². The number of benzene rings is 1. The molecule has 140 valence electrons. The summed E-state index contributed by atoms with van der Waals surface area (Å²) in [6.07, 6.45) is 0.182. The standard InChI is InChI=1S/C15H16N2O2.C2HF3O2/c18-14-15(17-9-16-14)10-5-1-3-7-12(10)19-13-8-4-2-6-11(13)15;3-2(4,5)1(6)7/h1,3,5,7-8,11,17H,2,4,6,9H2,(H,16,18);(H,6,7). The van der Waals surface area contributed by atoms with Gasteiger partial charge >= 0.3 is 12.1 Å². The van der Waals surface area contributed by atoms with Crippen LogP contribution in [0.2, 0.25) is 0 Å². The van der Waals surface area contributed by atoms with Gasteiger partial charge in [-0.3, -0.25) is 10.1 Å². The number of aliphatic carboxylic acids is 1. The van der Waals surface area contributed by atoms with Crippen molar-refractivity contribution in [2.45, 2.75) is 31.0 Å². The molecule has 3 N–H and O–H groups in total. The van der Waals surface area contributed by atoms with E-state index in [0.717, 1.165) is 36.3 Å². The molecule has 6 nitrogen and oxygen atoms in total. The number of carboxylic acids is 1. The molecular weight excluding hydrogens is 353 g/mol. The van der Waals surface area contributed by atoms with Gasteiger partial charge in [0.2, 0.25) is 5.91 Å². The third-order valence-electron chi connectivity index (χ3n) is 4.67. The third-order valence-corrected chi connectivity index (χ3v) is 4.67. The van der Waals surface area contributed by atoms with E-state index in [4.69, 9.17) is 14.6 Å². The maximum Gasteiger partial charge on any atom is 0.490 e. The topological polar surface area (TPSA) is 87.7 Å². The molecule has 9 heteroatoms. The van der Waals surface area contributed by atoms with Crippen LogP contribution in [-0.4, -0.2) is 29.8 Å². The van der Waals surface area contributed by atoms with Crippen molar-refractivity contribution in [2.75, 3.05) is 6.67 Å². The van der Waals surface area contributed by atoms with Gasteiger partial charge in [0, 0.05) is 11.5 Å². The van der Waals surface area contributed by atoms with Gasteiger partial charge in [0.25, 0.3) is 0 Å². The van der Waals surface area contributed by atoms with Gasteiger partial charge in [-0.2, -0.15) is 13.2 Å². The van der Waals surface area contributed by atoms with Crippen molar-refractivity contribution in [3.05, 3.63) is 41.7 Å². The fraction of sp³-hybridized carbons (Fsp3) is 0.412. The zero-order valence-corrected chi connectivity index (χ0v) is 13.6. The molecule has 3 aliphatic rings. The Hall–Kier alpha value is -2.55.